The van der Waals surface area contributed by atoms with Gasteiger partial charge in [0.05, 0.1) is 13.1 Å². The van der Waals surface area contributed by atoms with Crippen LogP contribution in [0, 0.1) is 0 Å². The van der Waals surface area contributed by atoms with Crippen LogP contribution in [0.3, 0.4) is 0 Å². The summed E-state index contributed by atoms with van der Waals surface area (Å²) in [6.45, 7) is 11.7. The Kier molecular flexibility index (Phi) is 20.0. The molecule has 2 aliphatic heterocycles. The smallest absolute Gasteiger partial charge is 0.332 e. The van der Waals surface area contributed by atoms with Gasteiger partial charge >= 0.3 is 24.0 Å². The average molecular weight is 1060 g/mol. The van der Waals surface area contributed by atoms with Gasteiger partial charge in [0, 0.05) is 95.1 Å². The quantitative estimate of drug-likeness (QED) is 0.0159. The van der Waals surface area contributed by atoms with Crippen LogP contribution in [-0.4, -0.2) is 122 Å². The van der Waals surface area contributed by atoms with Crippen molar-refractivity contribution in [1.82, 2.24) is 40.2 Å². The van der Waals surface area contributed by atoms with Gasteiger partial charge in [-0.3, -0.25) is 29.2 Å². The Balaban J connectivity index is 0.00000820. The molecule has 2 aromatic carbocycles. The summed E-state index contributed by atoms with van der Waals surface area (Å²) in [5.74, 6) is -1.75. The Morgan fingerprint density at radius 3 is 1.37 bits per heavy atom. The van der Waals surface area contributed by atoms with E-state index in [9.17, 15) is 28.8 Å². The fraction of sp³-hybridized carbons (Fsp3) is 0.429. The summed E-state index contributed by atoms with van der Waals surface area (Å²) in [6.07, 6.45) is 11.2. The summed E-state index contributed by atoms with van der Waals surface area (Å²) in [5.41, 5.74) is 5.79. The third-order valence-electron chi connectivity index (χ3n) is 13.6. The molecule has 4 unspecified atom stereocenters. The molecule has 2 saturated heterocycles. The first-order valence-corrected chi connectivity index (χ1v) is 27.7. The largest absolute Gasteiger partial charge is 0.443 e. The summed E-state index contributed by atoms with van der Waals surface area (Å²) in [4.78, 5) is 94.9. The third kappa shape index (κ3) is 14.2. The fourth-order valence-electron chi connectivity index (χ4n) is 9.98. The van der Waals surface area contributed by atoms with Crippen molar-refractivity contribution in [3.63, 3.8) is 0 Å². The number of hydrogen-bond donors (Lipinski definition) is 4. The van der Waals surface area contributed by atoms with Gasteiger partial charge in [-0.2, -0.15) is 0 Å². The SMILES string of the molecule is CCCN(CCC)C(Cc1c[nH]c2ccc(CCC3NC(=O)N(Cc4cccs4)C3=O)cc12)OC(=O)/C=C\C(=O)OC(Cc1c[nH]c2ccc(CCC3NC(=O)N(Cc4cccs4)C3=O)cc12)N(CCC)CCC.O. The predicted molar refractivity (Wildman–Crippen MR) is 292 cm³/mol. The molecule has 4 aromatic heterocycles. The van der Waals surface area contributed by atoms with E-state index in [0.717, 1.165) is 91.6 Å². The number of esters is 2. The molecule has 6 N–H and O–H groups in total. The van der Waals surface area contributed by atoms with Crippen molar-refractivity contribution < 1.29 is 43.7 Å². The van der Waals surface area contributed by atoms with Crippen LogP contribution in [0.5, 0.6) is 0 Å². The van der Waals surface area contributed by atoms with Crippen molar-refractivity contribution in [3.05, 3.63) is 128 Å². The lowest BCUT2D eigenvalue weighted by atomic mass is 10.0. The molecule has 2 aliphatic rings. The van der Waals surface area contributed by atoms with Gasteiger partial charge in [0.25, 0.3) is 11.8 Å². The van der Waals surface area contributed by atoms with E-state index in [1.807, 2.05) is 71.7 Å². The molecule has 0 aliphatic carbocycles. The normalized spacial score (nSPS) is 16.7. The molecular weight excluding hydrogens is 993 g/mol. The number of imide groups is 2. The van der Waals surface area contributed by atoms with E-state index in [2.05, 4.69) is 70.2 Å². The summed E-state index contributed by atoms with van der Waals surface area (Å²) in [6, 6.07) is 17.9. The molecule has 0 radical (unpaired) electrons. The third-order valence-corrected chi connectivity index (χ3v) is 15.3. The van der Waals surface area contributed by atoms with Crippen molar-refractivity contribution >= 4 is 80.3 Å². The number of benzene rings is 2. The molecule has 75 heavy (non-hydrogen) atoms. The number of carbonyl (C=O) groups excluding carboxylic acids is 6. The average Bonchev–Trinajstić information content (AvgIpc) is 4.28. The number of rotatable bonds is 28. The second-order valence-corrected chi connectivity index (χ2v) is 21.1. The first kappa shape index (κ1) is 56.1. The Bertz CT molecular complexity index is 2710. The zero-order chi connectivity index (χ0) is 52.1. The van der Waals surface area contributed by atoms with Crippen molar-refractivity contribution in [1.29, 1.82) is 0 Å². The van der Waals surface area contributed by atoms with E-state index < -0.39 is 36.5 Å². The summed E-state index contributed by atoms with van der Waals surface area (Å²) >= 11 is 3.02. The van der Waals surface area contributed by atoms with Crippen LogP contribution in [-0.2, 0) is 67.4 Å². The molecule has 6 amide bonds. The highest BCUT2D eigenvalue weighted by molar-refractivity contribution is 7.10. The Labute approximate surface area is 445 Å². The maximum absolute atomic E-state index is 13.7. The monoisotopic (exact) mass is 1060 g/mol. The van der Waals surface area contributed by atoms with Gasteiger partial charge in [0.1, 0.15) is 12.1 Å². The van der Waals surface area contributed by atoms with Crippen LogP contribution in [0.4, 0.5) is 9.59 Å². The van der Waals surface area contributed by atoms with Gasteiger partial charge in [-0.15, -0.1) is 22.7 Å². The Morgan fingerprint density at radius 1 is 0.613 bits per heavy atom. The minimum absolute atomic E-state index is 0. The van der Waals surface area contributed by atoms with Gasteiger partial charge in [-0.25, -0.2) is 19.2 Å². The predicted octanol–water partition coefficient (Wildman–Crippen LogP) is 8.38. The maximum atomic E-state index is 13.7. The molecule has 0 saturated carbocycles. The number of nitrogens with one attached hydrogen (secondary N) is 4. The standard InChI is InChI=1S/C56H68N8O8S2.H2O/c1-5-23-61(24-6-2)49(31-39-33-57-45-17-13-37(29-43(39)45)15-19-47-53(67)63(55(69)59-47)35-41-11-9-27-73-41)71-51(65)21-22-52(66)72-50(62(25-7-3)26-8-4)32-40-34-58-46-18-14-38(30-44(40)46)16-20-48-54(68)64(56(70)60-48)36-42-12-10-28-74-42;/h9-14,17-18,21-22,27-30,33-34,47-50,57-58H,5-8,15-16,19-20,23-26,31-32,35-36H2,1-4H3,(H,59,69)(H,60,70);1H2/b22-21-;. The van der Waals surface area contributed by atoms with Gasteiger partial charge in [0.2, 0.25) is 0 Å². The minimum Gasteiger partial charge on any atom is -0.443 e. The van der Waals surface area contributed by atoms with Gasteiger partial charge in [0.15, 0.2) is 12.5 Å². The molecule has 0 spiro atoms. The number of fused-ring (bicyclic) bond motifs is 2. The number of H-pyrrole nitrogens is 2. The van der Waals surface area contributed by atoms with Crippen LogP contribution >= 0.6 is 22.7 Å². The molecule has 0 bridgehead atoms. The number of urea groups is 2. The van der Waals surface area contributed by atoms with Crippen LogP contribution < -0.4 is 10.6 Å². The molecule has 8 rings (SSSR count). The minimum atomic E-state index is -0.658. The van der Waals surface area contributed by atoms with E-state index in [-0.39, 0.29) is 42.4 Å². The number of hydrogen-bond acceptors (Lipinski definition) is 12. The van der Waals surface area contributed by atoms with E-state index in [1.165, 1.54) is 32.5 Å². The molecule has 17 nitrogen and oxygen atoms in total. The van der Waals surface area contributed by atoms with Crippen molar-refractivity contribution in [2.45, 2.75) is 130 Å². The second kappa shape index (κ2) is 26.7. The summed E-state index contributed by atoms with van der Waals surface area (Å²) < 4.78 is 12.4. The first-order chi connectivity index (χ1) is 35.9. The number of thiophene rings is 2. The summed E-state index contributed by atoms with van der Waals surface area (Å²) in [7, 11) is 0. The highest BCUT2D eigenvalue weighted by Crippen LogP contribution is 2.28. The topological polar surface area (TPSA) is 221 Å². The molecule has 19 heteroatoms. The Morgan fingerprint density at radius 2 is 1.01 bits per heavy atom. The molecule has 6 heterocycles. The lowest BCUT2D eigenvalue weighted by Crippen LogP contribution is -2.41. The molecule has 4 atom stereocenters. The summed E-state index contributed by atoms with van der Waals surface area (Å²) in [5, 5.41) is 11.5. The van der Waals surface area contributed by atoms with Crippen LogP contribution in [0.1, 0.15) is 98.2 Å². The van der Waals surface area contributed by atoms with Gasteiger partial charge < -0.3 is 35.6 Å². The number of nitrogens with zero attached hydrogens (tertiary/aromatic N) is 4. The lowest BCUT2D eigenvalue weighted by Gasteiger charge is -2.31. The molecule has 400 valence electrons. The van der Waals surface area contributed by atoms with Crippen molar-refractivity contribution in [2.75, 3.05) is 26.2 Å². The molecule has 6 aromatic rings. The fourth-order valence-corrected chi connectivity index (χ4v) is 11.4. The van der Waals surface area contributed by atoms with Crippen LogP contribution in [0.15, 0.2) is 96.0 Å². The van der Waals surface area contributed by atoms with Gasteiger partial charge in [-0.1, -0.05) is 52.0 Å². The van der Waals surface area contributed by atoms with Crippen molar-refractivity contribution in [3.8, 4) is 0 Å². The number of ether oxygens (including phenoxy) is 2. The zero-order valence-corrected chi connectivity index (χ0v) is 44.9. The number of aromatic amines is 2. The Hall–Kier alpha value is -6.64. The van der Waals surface area contributed by atoms with E-state index >= 15 is 0 Å². The van der Waals surface area contributed by atoms with Gasteiger partial charge in [-0.05, 0) is 121 Å². The van der Waals surface area contributed by atoms with E-state index in [4.69, 9.17) is 9.47 Å². The first-order valence-electron chi connectivity index (χ1n) is 26.0. The maximum Gasteiger partial charge on any atom is 0.332 e. The van der Waals surface area contributed by atoms with Crippen LogP contribution in [0.25, 0.3) is 21.8 Å². The number of aryl methyl sites for hydroxylation is 2. The second-order valence-electron chi connectivity index (χ2n) is 19.1. The van der Waals surface area contributed by atoms with Crippen molar-refractivity contribution in [2.24, 2.45) is 0 Å². The molecular formula is C56H70N8O9S2. The highest BCUT2D eigenvalue weighted by Gasteiger charge is 2.39. The molecule has 2 fully saturated rings. The number of carbonyl (C=O) groups is 6. The van der Waals surface area contributed by atoms with Crippen LogP contribution in [0.2, 0.25) is 0 Å². The zero-order valence-electron chi connectivity index (χ0n) is 43.2. The highest BCUT2D eigenvalue weighted by atomic mass is 32.1. The number of amides is 6. The van der Waals surface area contributed by atoms with E-state index in [1.54, 1.807) is 0 Å². The number of aromatic nitrogens is 2. The van der Waals surface area contributed by atoms with E-state index in [0.29, 0.717) is 64.7 Å². The lowest BCUT2D eigenvalue weighted by molar-refractivity contribution is -0.156.